The summed E-state index contributed by atoms with van der Waals surface area (Å²) in [5.41, 5.74) is 2.59. The molecule has 188 valence electrons. The van der Waals surface area contributed by atoms with E-state index in [1.54, 1.807) is 12.3 Å². The molecule has 2 aromatic heterocycles. The van der Waals surface area contributed by atoms with Crippen molar-refractivity contribution in [2.45, 2.75) is 31.5 Å². The molecule has 2 aliphatic heterocycles. The molecule has 3 aromatic rings. The van der Waals surface area contributed by atoms with E-state index in [1.807, 2.05) is 29.6 Å². The molecule has 5 rings (SSSR count). The number of nitrogens with one attached hydrogen (secondary N) is 2. The quantitative estimate of drug-likeness (QED) is 0.411. The van der Waals surface area contributed by atoms with Crippen molar-refractivity contribution >= 4 is 40.7 Å². The summed E-state index contributed by atoms with van der Waals surface area (Å²) in [5, 5.41) is 18.1. The van der Waals surface area contributed by atoms with E-state index in [4.69, 9.17) is 16.3 Å². The summed E-state index contributed by atoms with van der Waals surface area (Å²) >= 11 is 7.88. The number of hydrogen-bond acceptors (Lipinski definition) is 8. The van der Waals surface area contributed by atoms with Crippen molar-refractivity contribution in [3.05, 3.63) is 62.9 Å². The van der Waals surface area contributed by atoms with E-state index in [0.717, 1.165) is 23.3 Å². The van der Waals surface area contributed by atoms with Gasteiger partial charge in [-0.1, -0.05) is 29.8 Å². The number of rotatable bonds is 8. The molecule has 1 fully saturated rings. The van der Waals surface area contributed by atoms with Crippen LogP contribution in [-0.2, 0) is 16.1 Å². The lowest BCUT2D eigenvalue weighted by molar-refractivity contribution is -0.122. The van der Waals surface area contributed by atoms with Crippen LogP contribution in [0.25, 0.3) is 11.3 Å². The second-order valence-electron chi connectivity index (χ2n) is 8.77. The molecule has 2 aliphatic rings. The molecular formula is C25H26ClN5O4S. The summed E-state index contributed by atoms with van der Waals surface area (Å²) in [5.74, 6) is -0.0773. The fourth-order valence-electron chi connectivity index (χ4n) is 4.41. The number of carbonyl (C=O) groups is 2. The Kier molecular flexibility index (Phi) is 7.47. The second-order valence-corrected chi connectivity index (χ2v) is 10.2. The van der Waals surface area contributed by atoms with E-state index in [1.165, 1.54) is 16.2 Å². The fourth-order valence-corrected chi connectivity index (χ4v) is 5.38. The molecule has 36 heavy (non-hydrogen) atoms. The molecule has 1 saturated heterocycles. The molecule has 1 atom stereocenters. The number of aliphatic hydroxyl groups is 1. The molecule has 0 spiro atoms. The number of aliphatic hydroxyl groups excluding tert-OH is 1. The van der Waals surface area contributed by atoms with E-state index in [-0.39, 0.29) is 31.0 Å². The first kappa shape index (κ1) is 24.6. The van der Waals surface area contributed by atoms with Crippen LogP contribution in [-0.4, -0.2) is 64.2 Å². The van der Waals surface area contributed by atoms with Gasteiger partial charge in [0.15, 0.2) is 0 Å². The Balaban J connectivity index is 1.28. The molecule has 2 amide bonds. The third-order valence-electron chi connectivity index (χ3n) is 6.30. The molecule has 0 unspecified atom stereocenters. The molecule has 0 bridgehead atoms. The highest BCUT2D eigenvalue weighted by atomic mass is 35.5. The average Bonchev–Trinajstić information content (AvgIpc) is 3.53. The Bertz CT molecular complexity index is 1250. The maximum absolute atomic E-state index is 13.1. The van der Waals surface area contributed by atoms with Gasteiger partial charge in [0, 0.05) is 41.8 Å². The second kappa shape index (κ2) is 10.9. The molecule has 9 nitrogen and oxygen atoms in total. The number of halogens is 1. The smallest absolute Gasteiger partial charge is 0.254 e. The number of amides is 2. The van der Waals surface area contributed by atoms with Crippen LogP contribution in [0, 0.1) is 0 Å². The van der Waals surface area contributed by atoms with Gasteiger partial charge >= 0.3 is 0 Å². The largest absolute Gasteiger partial charge is 0.394 e. The number of benzene rings is 1. The first-order valence-electron chi connectivity index (χ1n) is 11.7. The Hall–Kier alpha value is -3.05. The third-order valence-corrected chi connectivity index (χ3v) is 7.56. The molecule has 0 aliphatic carbocycles. The Morgan fingerprint density at radius 1 is 1.31 bits per heavy atom. The molecule has 0 saturated carbocycles. The highest BCUT2D eigenvalue weighted by Gasteiger charge is 2.30. The van der Waals surface area contributed by atoms with E-state index in [2.05, 4.69) is 20.6 Å². The number of carbonyl (C=O) groups excluding carboxylic acids is 2. The highest BCUT2D eigenvalue weighted by Crippen LogP contribution is 2.31. The number of nitrogens with zero attached hydrogens (tertiary/aromatic N) is 3. The zero-order valence-corrected chi connectivity index (χ0v) is 21.0. The van der Waals surface area contributed by atoms with Crippen molar-refractivity contribution in [3.63, 3.8) is 0 Å². The molecule has 1 aromatic carbocycles. The lowest BCUT2D eigenvalue weighted by atomic mass is 10.0. The van der Waals surface area contributed by atoms with Crippen LogP contribution < -0.4 is 10.6 Å². The number of aromatic nitrogens is 2. The number of hydrogen-bond donors (Lipinski definition) is 3. The maximum Gasteiger partial charge on any atom is 0.254 e. The summed E-state index contributed by atoms with van der Waals surface area (Å²) in [4.78, 5) is 37.0. The summed E-state index contributed by atoms with van der Waals surface area (Å²) < 4.78 is 5.40. The van der Waals surface area contributed by atoms with E-state index >= 15 is 0 Å². The standard InChI is InChI=1S/C25H26ClN5O4S/c26-19-11-27-25(28-17-5-7-35-8-6-17)30-23(19)15-3-4-16-12-31(24(34)18(16)10-15)13-22(33)29-20(14-32)21-2-1-9-36-21/h1-4,9-11,17,20,32H,5-8,12-14H2,(H,29,33)(H,27,28,30)/t20-/m1/s1. The van der Waals surface area contributed by atoms with E-state index in [9.17, 15) is 14.7 Å². The van der Waals surface area contributed by atoms with Crippen LogP contribution in [0.3, 0.4) is 0 Å². The lowest BCUT2D eigenvalue weighted by Gasteiger charge is -2.23. The molecule has 11 heteroatoms. The van der Waals surface area contributed by atoms with Gasteiger partial charge in [-0.05, 0) is 35.9 Å². The minimum absolute atomic E-state index is 0.0991. The van der Waals surface area contributed by atoms with Crippen LogP contribution in [0.5, 0.6) is 0 Å². The van der Waals surface area contributed by atoms with Gasteiger partial charge in [-0.2, -0.15) is 0 Å². The van der Waals surface area contributed by atoms with Gasteiger partial charge in [-0.25, -0.2) is 9.97 Å². The Morgan fingerprint density at radius 3 is 2.89 bits per heavy atom. The molecule has 4 heterocycles. The van der Waals surface area contributed by atoms with Gasteiger partial charge in [0.1, 0.15) is 6.54 Å². The van der Waals surface area contributed by atoms with Crippen LogP contribution in [0.1, 0.15) is 39.7 Å². The molecule has 0 radical (unpaired) electrons. The first-order chi connectivity index (χ1) is 17.5. The van der Waals surface area contributed by atoms with Crippen molar-refractivity contribution < 1.29 is 19.4 Å². The van der Waals surface area contributed by atoms with Gasteiger partial charge in [-0.3, -0.25) is 9.59 Å². The van der Waals surface area contributed by atoms with Crippen molar-refractivity contribution in [2.75, 3.05) is 31.7 Å². The zero-order valence-electron chi connectivity index (χ0n) is 19.4. The Morgan fingerprint density at radius 2 is 2.14 bits per heavy atom. The number of fused-ring (bicyclic) bond motifs is 1. The predicted molar refractivity (Wildman–Crippen MR) is 137 cm³/mol. The minimum atomic E-state index is -0.493. The highest BCUT2D eigenvalue weighted by molar-refractivity contribution is 7.10. The maximum atomic E-state index is 13.1. The third kappa shape index (κ3) is 5.36. The fraction of sp³-hybridized carbons (Fsp3) is 0.360. The van der Waals surface area contributed by atoms with Gasteiger partial charge in [0.2, 0.25) is 11.9 Å². The SMILES string of the molecule is O=C(CN1Cc2ccc(-c3nc(NC4CCOCC4)ncc3Cl)cc2C1=O)N[C@H](CO)c1cccs1. The summed E-state index contributed by atoms with van der Waals surface area (Å²) in [7, 11) is 0. The number of thiophene rings is 1. The predicted octanol–water partition coefficient (Wildman–Crippen LogP) is 3.26. The zero-order chi connectivity index (χ0) is 25.1. The van der Waals surface area contributed by atoms with Crippen molar-refractivity contribution in [3.8, 4) is 11.3 Å². The van der Waals surface area contributed by atoms with Gasteiger partial charge in [0.05, 0.1) is 29.6 Å². The van der Waals surface area contributed by atoms with Crippen LogP contribution in [0.15, 0.2) is 41.9 Å². The summed E-state index contributed by atoms with van der Waals surface area (Å²) in [6.45, 7) is 1.42. The first-order valence-corrected chi connectivity index (χ1v) is 13.0. The summed E-state index contributed by atoms with van der Waals surface area (Å²) in [6, 6.07) is 8.97. The van der Waals surface area contributed by atoms with Crippen molar-refractivity contribution in [1.29, 1.82) is 0 Å². The van der Waals surface area contributed by atoms with E-state index in [0.29, 0.717) is 47.6 Å². The van der Waals surface area contributed by atoms with Crippen LogP contribution in [0.2, 0.25) is 5.02 Å². The van der Waals surface area contributed by atoms with Gasteiger partial charge in [0.25, 0.3) is 5.91 Å². The average molecular weight is 528 g/mol. The Labute approximate surface area is 217 Å². The van der Waals surface area contributed by atoms with E-state index < -0.39 is 6.04 Å². The topological polar surface area (TPSA) is 117 Å². The van der Waals surface area contributed by atoms with Crippen molar-refractivity contribution in [1.82, 2.24) is 20.2 Å². The van der Waals surface area contributed by atoms with Gasteiger partial charge in [-0.15, -0.1) is 11.3 Å². The molecular weight excluding hydrogens is 502 g/mol. The van der Waals surface area contributed by atoms with Crippen molar-refractivity contribution in [2.24, 2.45) is 0 Å². The lowest BCUT2D eigenvalue weighted by Crippen LogP contribution is -2.39. The van der Waals surface area contributed by atoms with Gasteiger partial charge < -0.3 is 25.4 Å². The minimum Gasteiger partial charge on any atom is -0.394 e. The number of anilines is 1. The number of ether oxygens (including phenoxy) is 1. The molecule has 3 N–H and O–H groups in total. The normalized spacial score (nSPS) is 16.6. The van der Waals surface area contributed by atoms with Crippen LogP contribution >= 0.6 is 22.9 Å². The van der Waals surface area contributed by atoms with Crippen LogP contribution in [0.4, 0.5) is 5.95 Å². The summed E-state index contributed by atoms with van der Waals surface area (Å²) in [6.07, 6.45) is 3.32. The monoisotopic (exact) mass is 527 g/mol.